The molecule has 0 spiro atoms. The molecule has 0 aliphatic heterocycles. The SMILES string of the molecule is O=C(OCc1cccs1)c1cc2ccccc2[nH]1. The van der Waals surface area contributed by atoms with Gasteiger partial charge in [-0.05, 0) is 23.6 Å². The molecule has 0 amide bonds. The first-order chi connectivity index (χ1) is 8.83. The highest BCUT2D eigenvalue weighted by Crippen LogP contribution is 2.16. The Labute approximate surface area is 108 Å². The Hall–Kier alpha value is -2.07. The van der Waals surface area contributed by atoms with E-state index in [2.05, 4.69) is 4.98 Å². The molecule has 0 unspecified atom stereocenters. The number of carbonyl (C=O) groups excluding carboxylic acids is 1. The molecule has 2 heterocycles. The largest absolute Gasteiger partial charge is 0.455 e. The second kappa shape index (κ2) is 4.66. The first kappa shape index (κ1) is 11.0. The van der Waals surface area contributed by atoms with Crippen molar-refractivity contribution in [1.82, 2.24) is 4.98 Å². The fourth-order valence-electron chi connectivity index (χ4n) is 1.79. The maximum Gasteiger partial charge on any atom is 0.355 e. The molecular weight excluding hydrogens is 246 g/mol. The Morgan fingerprint density at radius 2 is 2.11 bits per heavy atom. The van der Waals surface area contributed by atoms with Crippen LogP contribution < -0.4 is 0 Å². The van der Waals surface area contributed by atoms with Crippen molar-refractivity contribution in [1.29, 1.82) is 0 Å². The third-order valence-corrected chi connectivity index (χ3v) is 3.53. The second-order valence-electron chi connectivity index (χ2n) is 3.93. The highest BCUT2D eigenvalue weighted by atomic mass is 32.1. The van der Waals surface area contributed by atoms with E-state index in [0.29, 0.717) is 12.3 Å². The zero-order valence-electron chi connectivity index (χ0n) is 9.55. The number of para-hydroxylation sites is 1. The van der Waals surface area contributed by atoms with Gasteiger partial charge >= 0.3 is 5.97 Å². The number of aromatic nitrogens is 1. The number of H-pyrrole nitrogens is 1. The van der Waals surface area contributed by atoms with Crippen LogP contribution >= 0.6 is 11.3 Å². The number of hydrogen-bond donors (Lipinski definition) is 1. The highest BCUT2D eigenvalue weighted by molar-refractivity contribution is 7.09. The van der Waals surface area contributed by atoms with E-state index in [-0.39, 0.29) is 5.97 Å². The quantitative estimate of drug-likeness (QED) is 0.729. The molecule has 1 aromatic carbocycles. The van der Waals surface area contributed by atoms with Crippen LogP contribution in [-0.4, -0.2) is 11.0 Å². The van der Waals surface area contributed by atoms with Crippen molar-refractivity contribution < 1.29 is 9.53 Å². The number of rotatable bonds is 3. The molecule has 0 aliphatic carbocycles. The monoisotopic (exact) mass is 257 g/mol. The molecule has 3 rings (SSSR count). The molecule has 0 fully saturated rings. The van der Waals surface area contributed by atoms with Crippen LogP contribution in [0.2, 0.25) is 0 Å². The van der Waals surface area contributed by atoms with Crippen molar-refractivity contribution in [2.45, 2.75) is 6.61 Å². The van der Waals surface area contributed by atoms with Gasteiger partial charge in [0.2, 0.25) is 0 Å². The van der Waals surface area contributed by atoms with E-state index < -0.39 is 0 Å². The number of aromatic amines is 1. The average Bonchev–Trinajstić information content (AvgIpc) is 3.04. The lowest BCUT2D eigenvalue weighted by molar-refractivity contribution is 0.0471. The van der Waals surface area contributed by atoms with Gasteiger partial charge in [-0.2, -0.15) is 0 Å². The Kier molecular flexibility index (Phi) is 2.86. The summed E-state index contributed by atoms with van der Waals surface area (Å²) in [6.07, 6.45) is 0. The summed E-state index contributed by atoms with van der Waals surface area (Å²) in [5.74, 6) is -0.320. The number of nitrogens with one attached hydrogen (secondary N) is 1. The predicted molar refractivity (Wildman–Crippen MR) is 71.7 cm³/mol. The molecule has 4 heteroatoms. The first-order valence-electron chi connectivity index (χ1n) is 5.60. The molecule has 1 N–H and O–H groups in total. The predicted octanol–water partition coefficient (Wildman–Crippen LogP) is 3.59. The molecule has 0 saturated carbocycles. The maximum absolute atomic E-state index is 11.9. The highest BCUT2D eigenvalue weighted by Gasteiger charge is 2.10. The first-order valence-corrected chi connectivity index (χ1v) is 6.48. The van der Waals surface area contributed by atoms with Crippen LogP contribution in [0.3, 0.4) is 0 Å². The topological polar surface area (TPSA) is 42.1 Å². The Balaban J connectivity index is 1.75. The summed E-state index contributed by atoms with van der Waals surface area (Å²) < 4.78 is 5.24. The van der Waals surface area contributed by atoms with Crippen LogP contribution in [0.15, 0.2) is 47.8 Å². The van der Waals surface area contributed by atoms with Gasteiger partial charge in [0, 0.05) is 15.8 Å². The van der Waals surface area contributed by atoms with Crippen molar-refractivity contribution in [2.75, 3.05) is 0 Å². The van der Waals surface area contributed by atoms with Gasteiger partial charge in [-0.25, -0.2) is 4.79 Å². The van der Waals surface area contributed by atoms with E-state index in [9.17, 15) is 4.79 Å². The average molecular weight is 257 g/mol. The zero-order valence-corrected chi connectivity index (χ0v) is 10.4. The van der Waals surface area contributed by atoms with Crippen LogP contribution in [0.25, 0.3) is 10.9 Å². The summed E-state index contributed by atoms with van der Waals surface area (Å²) in [4.78, 5) is 16.0. The molecule has 0 saturated heterocycles. The molecule has 0 atom stereocenters. The van der Waals surface area contributed by atoms with Gasteiger partial charge < -0.3 is 9.72 Å². The minimum Gasteiger partial charge on any atom is -0.455 e. The Morgan fingerprint density at radius 1 is 1.22 bits per heavy atom. The lowest BCUT2D eigenvalue weighted by Crippen LogP contribution is -2.04. The Morgan fingerprint density at radius 3 is 2.89 bits per heavy atom. The smallest absolute Gasteiger partial charge is 0.355 e. The van der Waals surface area contributed by atoms with Gasteiger partial charge in [0.15, 0.2) is 0 Å². The van der Waals surface area contributed by atoms with Crippen molar-refractivity contribution in [2.24, 2.45) is 0 Å². The standard InChI is InChI=1S/C14H11NO2S/c16-14(17-9-11-5-3-7-18-11)13-8-10-4-1-2-6-12(10)15-13/h1-8,15H,9H2. The minimum absolute atomic E-state index is 0.320. The number of ether oxygens (including phenoxy) is 1. The number of esters is 1. The molecular formula is C14H11NO2S. The Bertz CT molecular complexity index is 637. The van der Waals surface area contributed by atoms with Crippen molar-refractivity contribution >= 4 is 28.2 Å². The van der Waals surface area contributed by atoms with E-state index in [1.54, 1.807) is 11.3 Å². The van der Waals surface area contributed by atoms with E-state index in [1.807, 2.05) is 47.8 Å². The van der Waals surface area contributed by atoms with E-state index in [1.165, 1.54) is 0 Å². The van der Waals surface area contributed by atoms with Gasteiger partial charge in [-0.3, -0.25) is 0 Å². The van der Waals surface area contributed by atoms with Crippen LogP contribution in [0.5, 0.6) is 0 Å². The van der Waals surface area contributed by atoms with Crippen LogP contribution in [0.1, 0.15) is 15.4 Å². The lowest BCUT2D eigenvalue weighted by Gasteiger charge is -2.00. The number of thiophene rings is 1. The van der Waals surface area contributed by atoms with Gasteiger partial charge in [-0.15, -0.1) is 11.3 Å². The summed E-state index contributed by atoms with van der Waals surface area (Å²) in [5, 5.41) is 2.98. The summed E-state index contributed by atoms with van der Waals surface area (Å²) in [7, 11) is 0. The molecule has 0 bridgehead atoms. The fraction of sp³-hybridized carbons (Fsp3) is 0.0714. The van der Waals surface area contributed by atoms with Gasteiger partial charge in [0.1, 0.15) is 12.3 Å². The fourth-order valence-corrected chi connectivity index (χ4v) is 2.41. The molecule has 2 aromatic heterocycles. The third-order valence-electron chi connectivity index (χ3n) is 2.68. The second-order valence-corrected chi connectivity index (χ2v) is 4.96. The summed E-state index contributed by atoms with van der Waals surface area (Å²) in [5.41, 5.74) is 1.44. The molecule has 18 heavy (non-hydrogen) atoms. The van der Waals surface area contributed by atoms with Crippen molar-refractivity contribution in [3.05, 3.63) is 58.4 Å². The van der Waals surface area contributed by atoms with Crippen LogP contribution in [0.4, 0.5) is 0 Å². The maximum atomic E-state index is 11.9. The van der Waals surface area contributed by atoms with Gasteiger partial charge in [-0.1, -0.05) is 24.3 Å². The summed E-state index contributed by atoms with van der Waals surface area (Å²) >= 11 is 1.58. The molecule has 3 nitrogen and oxygen atoms in total. The normalized spacial score (nSPS) is 10.7. The minimum atomic E-state index is -0.320. The van der Waals surface area contributed by atoms with Crippen LogP contribution in [0, 0.1) is 0 Å². The number of carbonyl (C=O) groups is 1. The van der Waals surface area contributed by atoms with E-state index in [4.69, 9.17) is 4.74 Å². The van der Waals surface area contributed by atoms with E-state index in [0.717, 1.165) is 15.8 Å². The molecule has 3 aromatic rings. The third kappa shape index (κ3) is 2.15. The van der Waals surface area contributed by atoms with E-state index >= 15 is 0 Å². The molecule has 90 valence electrons. The number of fused-ring (bicyclic) bond motifs is 1. The van der Waals surface area contributed by atoms with Crippen LogP contribution in [-0.2, 0) is 11.3 Å². The lowest BCUT2D eigenvalue weighted by atomic mass is 10.2. The van der Waals surface area contributed by atoms with Crippen molar-refractivity contribution in [3.8, 4) is 0 Å². The van der Waals surface area contributed by atoms with Crippen molar-refractivity contribution in [3.63, 3.8) is 0 Å². The number of benzene rings is 1. The molecule has 0 radical (unpaired) electrons. The van der Waals surface area contributed by atoms with Gasteiger partial charge in [0.05, 0.1) is 0 Å². The van der Waals surface area contributed by atoms with Gasteiger partial charge in [0.25, 0.3) is 0 Å². The summed E-state index contributed by atoms with van der Waals surface area (Å²) in [6.45, 7) is 0.325. The summed E-state index contributed by atoms with van der Waals surface area (Å²) in [6, 6.07) is 13.5. The zero-order chi connectivity index (χ0) is 12.4. The number of hydrogen-bond acceptors (Lipinski definition) is 3. The molecule has 0 aliphatic rings.